The largest absolute Gasteiger partial charge is 0.480 e. The maximum atomic E-state index is 11.6. The van der Waals surface area contributed by atoms with Crippen LogP contribution in [-0.4, -0.2) is 59.1 Å². The number of thiophene rings is 1. The van der Waals surface area contributed by atoms with Crippen molar-refractivity contribution >= 4 is 29.2 Å². The molecule has 7 nitrogen and oxygen atoms in total. The number of aliphatic carboxylic acids is 2. The van der Waals surface area contributed by atoms with Crippen LogP contribution in [-0.2, 0) is 20.8 Å². The number of hydrogen-bond acceptors (Lipinski definition) is 5. The Kier molecular flexibility index (Phi) is 6.68. The molecule has 20 heavy (non-hydrogen) atoms. The molecule has 1 rings (SSSR count). The number of rotatable bonds is 9. The Hall–Kier alpha value is -1.93. The van der Waals surface area contributed by atoms with Gasteiger partial charge in [-0.3, -0.25) is 19.3 Å². The van der Waals surface area contributed by atoms with Gasteiger partial charge in [0.1, 0.15) is 0 Å². The summed E-state index contributed by atoms with van der Waals surface area (Å²) in [5, 5.41) is 21.9. The fourth-order valence-electron chi connectivity index (χ4n) is 1.59. The summed E-state index contributed by atoms with van der Waals surface area (Å²) in [4.78, 5) is 35.0. The van der Waals surface area contributed by atoms with E-state index in [1.807, 2.05) is 17.5 Å². The topological polar surface area (TPSA) is 107 Å². The van der Waals surface area contributed by atoms with E-state index in [0.717, 1.165) is 9.78 Å². The summed E-state index contributed by atoms with van der Waals surface area (Å²) in [6.45, 7) is -0.772. The van der Waals surface area contributed by atoms with Crippen molar-refractivity contribution in [3.05, 3.63) is 22.4 Å². The van der Waals surface area contributed by atoms with Crippen molar-refractivity contribution in [2.24, 2.45) is 0 Å². The fraction of sp³-hybridized carbons (Fsp3) is 0.417. The van der Waals surface area contributed by atoms with E-state index in [2.05, 4.69) is 5.32 Å². The first-order valence-corrected chi connectivity index (χ1v) is 6.80. The van der Waals surface area contributed by atoms with Gasteiger partial charge in [0.25, 0.3) is 0 Å². The van der Waals surface area contributed by atoms with E-state index < -0.39 is 25.0 Å². The average Bonchev–Trinajstić information content (AvgIpc) is 2.79. The van der Waals surface area contributed by atoms with E-state index in [-0.39, 0.29) is 12.5 Å². The second-order valence-corrected chi connectivity index (χ2v) is 5.14. The molecular weight excluding hydrogens is 284 g/mol. The number of amides is 1. The molecule has 8 heteroatoms. The Morgan fingerprint density at radius 1 is 1.15 bits per heavy atom. The fourth-order valence-corrected chi connectivity index (χ4v) is 2.30. The number of carboxylic acid groups (broad SMARTS) is 2. The van der Waals surface area contributed by atoms with Gasteiger partial charge in [-0.15, -0.1) is 11.3 Å². The van der Waals surface area contributed by atoms with Gasteiger partial charge >= 0.3 is 11.9 Å². The summed E-state index contributed by atoms with van der Waals surface area (Å²) >= 11 is 1.59. The van der Waals surface area contributed by atoms with E-state index >= 15 is 0 Å². The van der Waals surface area contributed by atoms with Crippen LogP contribution < -0.4 is 5.32 Å². The second kappa shape index (κ2) is 8.28. The minimum absolute atomic E-state index is 0.247. The summed E-state index contributed by atoms with van der Waals surface area (Å²) in [7, 11) is 0. The molecule has 3 N–H and O–H groups in total. The summed E-state index contributed by atoms with van der Waals surface area (Å²) in [6, 6.07) is 3.88. The Balaban J connectivity index is 2.32. The van der Waals surface area contributed by atoms with Crippen molar-refractivity contribution in [1.29, 1.82) is 0 Å². The minimum atomic E-state index is -1.17. The van der Waals surface area contributed by atoms with Gasteiger partial charge in [-0.2, -0.15) is 0 Å². The average molecular weight is 300 g/mol. The number of nitrogens with one attached hydrogen (secondary N) is 1. The molecule has 0 fully saturated rings. The van der Waals surface area contributed by atoms with Crippen molar-refractivity contribution in [2.75, 3.05) is 26.2 Å². The lowest BCUT2D eigenvalue weighted by Gasteiger charge is -2.17. The third-order valence-electron chi connectivity index (χ3n) is 2.36. The van der Waals surface area contributed by atoms with Gasteiger partial charge in [0, 0.05) is 11.4 Å². The van der Waals surface area contributed by atoms with Gasteiger partial charge in [0.15, 0.2) is 0 Å². The van der Waals surface area contributed by atoms with Crippen LogP contribution in [0.1, 0.15) is 4.88 Å². The zero-order valence-electron chi connectivity index (χ0n) is 10.7. The van der Waals surface area contributed by atoms with Gasteiger partial charge in [0.05, 0.1) is 19.6 Å². The Labute approximate surface area is 119 Å². The molecule has 0 spiro atoms. The molecule has 0 radical (unpaired) electrons. The van der Waals surface area contributed by atoms with Crippen LogP contribution in [0, 0.1) is 0 Å². The van der Waals surface area contributed by atoms with Crippen LogP contribution in [0.5, 0.6) is 0 Å². The van der Waals surface area contributed by atoms with Crippen LogP contribution in [0.2, 0.25) is 0 Å². The number of carbonyl (C=O) groups is 3. The lowest BCUT2D eigenvalue weighted by Crippen LogP contribution is -2.42. The summed E-state index contributed by atoms with van der Waals surface area (Å²) in [5.74, 6) is -2.72. The lowest BCUT2D eigenvalue weighted by molar-refractivity contribution is -0.142. The molecule has 0 bridgehead atoms. The highest BCUT2D eigenvalue weighted by molar-refractivity contribution is 7.09. The van der Waals surface area contributed by atoms with Gasteiger partial charge in [-0.05, 0) is 17.9 Å². The maximum Gasteiger partial charge on any atom is 0.317 e. The number of nitrogens with zero attached hydrogens (tertiary/aromatic N) is 1. The van der Waals surface area contributed by atoms with Crippen molar-refractivity contribution in [3.8, 4) is 0 Å². The first-order valence-electron chi connectivity index (χ1n) is 5.92. The molecule has 110 valence electrons. The molecule has 0 unspecified atom stereocenters. The Morgan fingerprint density at radius 3 is 2.30 bits per heavy atom. The third kappa shape index (κ3) is 6.86. The zero-order valence-corrected chi connectivity index (χ0v) is 11.6. The SMILES string of the molecule is O=C(O)CN(CC(=O)O)CC(=O)NCCc1cccs1. The number of carboxylic acids is 2. The van der Waals surface area contributed by atoms with Crippen molar-refractivity contribution in [1.82, 2.24) is 10.2 Å². The predicted molar refractivity (Wildman–Crippen MR) is 72.7 cm³/mol. The maximum absolute atomic E-state index is 11.6. The number of hydrogen-bond donors (Lipinski definition) is 3. The highest BCUT2D eigenvalue weighted by Gasteiger charge is 2.16. The smallest absolute Gasteiger partial charge is 0.317 e. The van der Waals surface area contributed by atoms with Crippen molar-refractivity contribution in [3.63, 3.8) is 0 Å². The molecule has 1 aromatic rings. The highest BCUT2D eigenvalue weighted by Crippen LogP contribution is 2.07. The molecule has 0 saturated carbocycles. The van der Waals surface area contributed by atoms with Crippen LogP contribution in [0.3, 0.4) is 0 Å². The van der Waals surface area contributed by atoms with Gasteiger partial charge in [-0.25, -0.2) is 0 Å². The molecule has 0 aromatic carbocycles. The molecule has 0 aliphatic heterocycles. The number of carbonyl (C=O) groups excluding carboxylic acids is 1. The Bertz CT molecular complexity index is 444. The summed E-state index contributed by atoms with van der Waals surface area (Å²) in [5.41, 5.74) is 0. The summed E-state index contributed by atoms with van der Waals surface area (Å²) < 4.78 is 0. The second-order valence-electron chi connectivity index (χ2n) is 4.11. The predicted octanol–water partition coefficient (Wildman–Crippen LogP) is -0.122. The third-order valence-corrected chi connectivity index (χ3v) is 3.29. The minimum Gasteiger partial charge on any atom is -0.480 e. The van der Waals surface area contributed by atoms with Crippen LogP contribution in [0.25, 0.3) is 0 Å². The van der Waals surface area contributed by atoms with Gasteiger partial charge in [-0.1, -0.05) is 6.07 Å². The van der Waals surface area contributed by atoms with E-state index in [1.165, 1.54) is 0 Å². The zero-order chi connectivity index (χ0) is 15.0. The quantitative estimate of drug-likeness (QED) is 0.587. The van der Waals surface area contributed by atoms with Gasteiger partial charge in [0.2, 0.25) is 5.91 Å². The van der Waals surface area contributed by atoms with Crippen LogP contribution >= 0.6 is 11.3 Å². The first-order chi connectivity index (χ1) is 9.47. The molecule has 0 aliphatic carbocycles. The van der Waals surface area contributed by atoms with Crippen LogP contribution in [0.4, 0.5) is 0 Å². The monoisotopic (exact) mass is 300 g/mol. The first kappa shape index (κ1) is 16.1. The van der Waals surface area contributed by atoms with Crippen molar-refractivity contribution in [2.45, 2.75) is 6.42 Å². The van der Waals surface area contributed by atoms with Gasteiger partial charge < -0.3 is 15.5 Å². The van der Waals surface area contributed by atoms with Crippen LogP contribution in [0.15, 0.2) is 17.5 Å². The molecule has 1 heterocycles. The highest BCUT2D eigenvalue weighted by atomic mass is 32.1. The Morgan fingerprint density at radius 2 is 1.80 bits per heavy atom. The van der Waals surface area contributed by atoms with E-state index in [0.29, 0.717) is 13.0 Å². The standard InChI is InChI=1S/C12H16N2O5S/c15-10(13-4-3-9-2-1-5-20-9)6-14(7-11(16)17)8-12(18)19/h1-2,5H,3-4,6-8H2,(H,13,15)(H,16,17)(H,18,19). The van der Waals surface area contributed by atoms with E-state index in [1.54, 1.807) is 11.3 Å². The lowest BCUT2D eigenvalue weighted by atomic mass is 10.3. The molecule has 0 aliphatic rings. The molecule has 0 saturated heterocycles. The normalized spacial score (nSPS) is 10.4. The molecule has 1 aromatic heterocycles. The van der Waals surface area contributed by atoms with E-state index in [9.17, 15) is 14.4 Å². The molecular formula is C12H16N2O5S. The molecule has 0 atom stereocenters. The summed E-state index contributed by atoms with van der Waals surface area (Å²) in [6.07, 6.45) is 0.696. The van der Waals surface area contributed by atoms with Crippen molar-refractivity contribution < 1.29 is 24.6 Å². The molecule has 1 amide bonds. The van der Waals surface area contributed by atoms with E-state index in [4.69, 9.17) is 10.2 Å².